The summed E-state index contributed by atoms with van der Waals surface area (Å²) >= 11 is 8.93. The van der Waals surface area contributed by atoms with Crippen molar-refractivity contribution in [3.8, 4) is 0 Å². The van der Waals surface area contributed by atoms with Crippen LogP contribution in [0.1, 0.15) is 13.3 Å². The molecule has 1 aromatic rings. The molecule has 0 fully saturated rings. The molecule has 7 heteroatoms. The largest absolute Gasteiger partial charge is 0.394 e. The molecule has 1 heterocycles. The standard InChI is InChI=1S/C9H13BrClN3O2/c1-2-9(4-15,5-16)14-7-6(10)3-12-8(11)13-7/h3,15-16H,2,4-5H2,1H3,(H,12,13,14). The third-order valence-corrected chi connectivity index (χ3v) is 3.14. The van der Waals surface area contributed by atoms with Crippen LogP contribution in [0.25, 0.3) is 0 Å². The molecule has 1 aromatic heterocycles. The normalized spacial score (nSPS) is 11.6. The molecule has 0 aliphatic carbocycles. The highest BCUT2D eigenvalue weighted by Crippen LogP contribution is 2.24. The number of halogens is 2. The molecule has 3 N–H and O–H groups in total. The Hall–Kier alpha value is -0.430. The van der Waals surface area contributed by atoms with Crippen LogP contribution in [-0.2, 0) is 0 Å². The molecule has 5 nitrogen and oxygen atoms in total. The second kappa shape index (κ2) is 5.77. The maximum absolute atomic E-state index is 9.28. The molecule has 0 aliphatic heterocycles. The van der Waals surface area contributed by atoms with Gasteiger partial charge in [-0.2, -0.15) is 4.98 Å². The second-order valence-corrected chi connectivity index (χ2v) is 4.60. The van der Waals surface area contributed by atoms with Crippen LogP contribution in [0.15, 0.2) is 10.7 Å². The Morgan fingerprint density at radius 1 is 1.50 bits per heavy atom. The quantitative estimate of drug-likeness (QED) is 0.717. The number of nitrogens with one attached hydrogen (secondary N) is 1. The van der Waals surface area contributed by atoms with E-state index in [1.54, 1.807) is 0 Å². The number of rotatable bonds is 5. The zero-order valence-corrected chi connectivity index (χ0v) is 11.1. The molecule has 90 valence electrons. The number of aromatic nitrogens is 2. The van der Waals surface area contributed by atoms with Gasteiger partial charge in [-0.05, 0) is 34.0 Å². The Bertz CT molecular complexity index is 352. The van der Waals surface area contributed by atoms with E-state index in [0.29, 0.717) is 16.7 Å². The molecular weight excluding hydrogens is 297 g/mol. The van der Waals surface area contributed by atoms with Crippen molar-refractivity contribution in [3.05, 3.63) is 16.0 Å². The van der Waals surface area contributed by atoms with Crippen molar-refractivity contribution in [2.75, 3.05) is 18.5 Å². The molecule has 0 amide bonds. The van der Waals surface area contributed by atoms with Gasteiger partial charge in [0.25, 0.3) is 0 Å². The van der Waals surface area contributed by atoms with Gasteiger partial charge in [-0.15, -0.1) is 0 Å². The first-order valence-electron chi connectivity index (χ1n) is 4.75. The average molecular weight is 311 g/mol. The molecule has 1 rings (SSSR count). The number of hydrogen-bond acceptors (Lipinski definition) is 5. The Labute approximate surface area is 107 Å². The fraction of sp³-hybridized carbons (Fsp3) is 0.556. The van der Waals surface area contributed by atoms with Crippen LogP contribution in [0.2, 0.25) is 5.28 Å². The lowest BCUT2D eigenvalue weighted by Crippen LogP contribution is -2.45. The topological polar surface area (TPSA) is 78.3 Å². The van der Waals surface area contributed by atoms with Crippen LogP contribution in [0.3, 0.4) is 0 Å². The summed E-state index contributed by atoms with van der Waals surface area (Å²) < 4.78 is 0.622. The summed E-state index contributed by atoms with van der Waals surface area (Å²) in [7, 11) is 0. The van der Waals surface area contributed by atoms with E-state index in [0.717, 1.165) is 0 Å². The monoisotopic (exact) mass is 309 g/mol. The summed E-state index contributed by atoms with van der Waals surface area (Å²) in [6.07, 6.45) is 2.06. The fourth-order valence-electron chi connectivity index (χ4n) is 1.13. The van der Waals surface area contributed by atoms with E-state index in [9.17, 15) is 10.2 Å². The summed E-state index contributed by atoms with van der Waals surface area (Å²) in [4.78, 5) is 7.76. The van der Waals surface area contributed by atoms with E-state index in [1.807, 2.05) is 6.92 Å². The highest BCUT2D eigenvalue weighted by molar-refractivity contribution is 9.10. The number of nitrogens with zero attached hydrogens (tertiary/aromatic N) is 2. The molecule has 16 heavy (non-hydrogen) atoms. The molecule has 0 saturated heterocycles. The van der Waals surface area contributed by atoms with Crippen molar-refractivity contribution in [2.24, 2.45) is 0 Å². The molecule has 0 spiro atoms. The number of aliphatic hydroxyl groups is 2. The smallest absolute Gasteiger partial charge is 0.224 e. The van der Waals surface area contributed by atoms with Gasteiger partial charge in [-0.25, -0.2) is 4.98 Å². The van der Waals surface area contributed by atoms with Gasteiger partial charge < -0.3 is 15.5 Å². The highest BCUT2D eigenvalue weighted by Gasteiger charge is 2.27. The third kappa shape index (κ3) is 3.04. The molecule has 0 saturated carbocycles. The van der Waals surface area contributed by atoms with Gasteiger partial charge in [0.05, 0.1) is 23.2 Å². The van der Waals surface area contributed by atoms with Gasteiger partial charge in [0.2, 0.25) is 5.28 Å². The molecule has 0 aliphatic rings. The minimum absolute atomic E-state index is 0.103. The first-order valence-corrected chi connectivity index (χ1v) is 5.92. The summed E-state index contributed by atoms with van der Waals surface area (Å²) in [5.74, 6) is 0.449. The van der Waals surface area contributed by atoms with Crippen molar-refractivity contribution < 1.29 is 10.2 Å². The van der Waals surface area contributed by atoms with Gasteiger partial charge in [0, 0.05) is 6.20 Å². The van der Waals surface area contributed by atoms with E-state index >= 15 is 0 Å². The van der Waals surface area contributed by atoms with Gasteiger partial charge in [-0.1, -0.05) is 6.92 Å². The summed E-state index contributed by atoms with van der Waals surface area (Å²) in [5.41, 5.74) is -0.805. The van der Waals surface area contributed by atoms with Crippen LogP contribution in [-0.4, -0.2) is 38.9 Å². The predicted octanol–water partition coefficient (Wildman–Crippen LogP) is 1.44. The average Bonchev–Trinajstić information content (AvgIpc) is 2.31. The maximum Gasteiger partial charge on any atom is 0.224 e. The van der Waals surface area contributed by atoms with Crippen molar-refractivity contribution in [2.45, 2.75) is 18.9 Å². The Balaban J connectivity index is 2.97. The number of aliphatic hydroxyl groups excluding tert-OH is 2. The van der Waals surface area contributed by atoms with Crippen LogP contribution < -0.4 is 5.32 Å². The van der Waals surface area contributed by atoms with E-state index in [2.05, 4.69) is 31.2 Å². The van der Waals surface area contributed by atoms with E-state index in [-0.39, 0.29) is 18.5 Å². The molecular formula is C9H13BrClN3O2. The van der Waals surface area contributed by atoms with Crippen LogP contribution in [0, 0.1) is 0 Å². The highest BCUT2D eigenvalue weighted by atomic mass is 79.9. The lowest BCUT2D eigenvalue weighted by atomic mass is 9.98. The Morgan fingerprint density at radius 3 is 2.62 bits per heavy atom. The van der Waals surface area contributed by atoms with Crippen molar-refractivity contribution >= 4 is 33.3 Å². The molecule has 0 bridgehead atoms. The lowest BCUT2D eigenvalue weighted by molar-refractivity contribution is 0.132. The number of anilines is 1. The first kappa shape index (κ1) is 13.6. The van der Waals surface area contributed by atoms with Gasteiger partial charge in [0.1, 0.15) is 5.82 Å². The van der Waals surface area contributed by atoms with Crippen LogP contribution in [0.4, 0.5) is 5.82 Å². The van der Waals surface area contributed by atoms with Crippen molar-refractivity contribution in [1.29, 1.82) is 0 Å². The minimum atomic E-state index is -0.805. The third-order valence-electron chi connectivity index (χ3n) is 2.38. The zero-order valence-electron chi connectivity index (χ0n) is 8.74. The van der Waals surface area contributed by atoms with Gasteiger partial charge in [-0.3, -0.25) is 0 Å². The molecule has 0 unspecified atom stereocenters. The summed E-state index contributed by atoms with van der Waals surface area (Å²) in [5, 5.41) is 21.6. The summed E-state index contributed by atoms with van der Waals surface area (Å²) in [6.45, 7) is 1.46. The Kier molecular flexibility index (Phi) is 4.91. The first-order chi connectivity index (χ1) is 7.56. The molecule has 0 radical (unpaired) electrons. The minimum Gasteiger partial charge on any atom is -0.394 e. The van der Waals surface area contributed by atoms with E-state index < -0.39 is 5.54 Å². The van der Waals surface area contributed by atoms with Crippen molar-refractivity contribution in [1.82, 2.24) is 9.97 Å². The zero-order chi connectivity index (χ0) is 12.2. The lowest BCUT2D eigenvalue weighted by Gasteiger charge is -2.30. The SMILES string of the molecule is CCC(CO)(CO)Nc1nc(Cl)ncc1Br. The fourth-order valence-corrected chi connectivity index (χ4v) is 1.55. The molecule has 0 aromatic carbocycles. The Morgan fingerprint density at radius 2 is 2.12 bits per heavy atom. The summed E-state index contributed by atoms with van der Waals surface area (Å²) in [6, 6.07) is 0. The predicted molar refractivity (Wildman–Crippen MR) is 65.6 cm³/mol. The van der Waals surface area contributed by atoms with Crippen molar-refractivity contribution in [3.63, 3.8) is 0 Å². The van der Waals surface area contributed by atoms with Gasteiger partial charge in [0.15, 0.2) is 0 Å². The van der Waals surface area contributed by atoms with Crippen LogP contribution in [0.5, 0.6) is 0 Å². The van der Waals surface area contributed by atoms with Crippen LogP contribution >= 0.6 is 27.5 Å². The van der Waals surface area contributed by atoms with E-state index in [4.69, 9.17) is 11.6 Å². The second-order valence-electron chi connectivity index (χ2n) is 3.41. The number of hydrogen-bond donors (Lipinski definition) is 3. The van der Waals surface area contributed by atoms with E-state index in [1.165, 1.54) is 6.20 Å². The maximum atomic E-state index is 9.28. The molecule has 0 atom stereocenters. The van der Waals surface area contributed by atoms with Gasteiger partial charge >= 0.3 is 0 Å².